The summed E-state index contributed by atoms with van der Waals surface area (Å²) in [5.41, 5.74) is 2.75. The summed E-state index contributed by atoms with van der Waals surface area (Å²) in [6.07, 6.45) is 1.73. The third-order valence-electron chi connectivity index (χ3n) is 0.661. The number of rotatable bonds is 1. The van der Waals surface area contributed by atoms with E-state index in [2.05, 4.69) is 11.6 Å². The first-order valence-electron chi connectivity index (χ1n) is 1.94. The van der Waals surface area contributed by atoms with Gasteiger partial charge in [-0.1, -0.05) is 6.58 Å². The van der Waals surface area contributed by atoms with E-state index in [9.17, 15) is 0 Å². The monoisotopic (exact) mass is 111 g/mol. The van der Waals surface area contributed by atoms with Crippen LogP contribution >= 0.6 is 11.3 Å². The molecule has 0 atom stereocenters. The number of aromatic nitrogens is 1. The van der Waals surface area contributed by atoms with Gasteiger partial charge >= 0.3 is 0 Å². The molecule has 0 saturated carbocycles. The van der Waals surface area contributed by atoms with Crippen LogP contribution in [-0.2, 0) is 0 Å². The molecule has 0 saturated heterocycles. The zero-order chi connectivity index (χ0) is 5.11. The standard InChI is InChI=1S/C5H5NS/c1-2-5-3-7-4-6-5/h2-4H,1H2. The molecule has 0 aliphatic carbocycles. The maximum absolute atomic E-state index is 3.94. The Morgan fingerprint density at radius 1 is 1.86 bits per heavy atom. The quantitative estimate of drug-likeness (QED) is 0.538. The molecule has 7 heavy (non-hydrogen) atoms. The van der Waals surface area contributed by atoms with Gasteiger partial charge in [0.25, 0.3) is 0 Å². The van der Waals surface area contributed by atoms with Crippen LogP contribution in [-0.4, -0.2) is 4.98 Å². The van der Waals surface area contributed by atoms with Crippen molar-refractivity contribution in [2.45, 2.75) is 0 Å². The van der Waals surface area contributed by atoms with Gasteiger partial charge in [0, 0.05) is 5.38 Å². The van der Waals surface area contributed by atoms with Gasteiger partial charge in [-0.2, -0.15) is 0 Å². The fraction of sp³-hybridized carbons (Fsp3) is 0. The molecule has 0 unspecified atom stereocenters. The predicted octanol–water partition coefficient (Wildman–Crippen LogP) is 1.79. The minimum atomic E-state index is 0.963. The smallest absolute Gasteiger partial charge is 0.0798 e. The van der Waals surface area contributed by atoms with E-state index in [1.54, 1.807) is 22.9 Å². The molecule has 0 aliphatic rings. The highest BCUT2D eigenvalue weighted by Crippen LogP contribution is 2.00. The summed E-state index contributed by atoms with van der Waals surface area (Å²) in [7, 11) is 0. The maximum Gasteiger partial charge on any atom is 0.0798 e. The first kappa shape index (κ1) is 4.53. The maximum atomic E-state index is 3.94. The number of thiazole rings is 1. The van der Waals surface area contributed by atoms with Crippen LogP contribution in [0.3, 0.4) is 0 Å². The van der Waals surface area contributed by atoms with E-state index >= 15 is 0 Å². The zero-order valence-corrected chi connectivity index (χ0v) is 4.61. The number of hydrogen-bond donors (Lipinski definition) is 0. The molecule has 0 aliphatic heterocycles. The van der Waals surface area contributed by atoms with E-state index in [-0.39, 0.29) is 0 Å². The Bertz CT molecular complexity index is 143. The molecule has 36 valence electrons. The van der Waals surface area contributed by atoms with Gasteiger partial charge in [-0.05, 0) is 6.08 Å². The highest BCUT2D eigenvalue weighted by atomic mass is 32.1. The van der Waals surface area contributed by atoms with Crippen molar-refractivity contribution in [2.75, 3.05) is 0 Å². The van der Waals surface area contributed by atoms with Gasteiger partial charge in [-0.25, -0.2) is 4.98 Å². The second-order valence-electron chi connectivity index (χ2n) is 1.12. The molecule has 0 amide bonds. The highest BCUT2D eigenvalue weighted by Gasteiger charge is 1.80. The van der Waals surface area contributed by atoms with Crippen LogP contribution in [0.15, 0.2) is 17.5 Å². The molecule has 0 spiro atoms. The lowest BCUT2D eigenvalue weighted by atomic mass is 10.5. The SMILES string of the molecule is C=Cc1cscn1. The average Bonchev–Trinajstić information content (AvgIpc) is 2.14. The molecule has 0 aromatic carbocycles. The van der Waals surface area contributed by atoms with Crippen molar-refractivity contribution in [3.63, 3.8) is 0 Å². The molecule has 1 heterocycles. The summed E-state index contributed by atoms with van der Waals surface area (Å²) < 4.78 is 0. The molecule has 0 N–H and O–H groups in total. The van der Waals surface area contributed by atoms with Crippen LogP contribution < -0.4 is 0 Å². The van der Waals surface area contributed by atoms with E-state index < -0.39 is 0 Å². The second-order valence-corrected chi connectivity index (χ2v) is 1.84. The molecule has 1 rings (SSSR count). The topological polar surface area (TPSA) is 12.9 Å². The van der Waals surface area contributed by atoms with E-state index in [1.165, 1.54) is 0 Å². The normalized spacial score (nSPS) is 8.57. The Kier molecular flexibility index (Phi) is 1.22. The minimum absolute atomic E-state index is 0.963. The Morgan fingerprint density at radius 2 is 2.71 bits per heavy atom. The summed E-state index contributed by atoms with van der Waals surface area (Å²) in [5, 5.41) is 1.95. The van der Waals surface area contributed by atoms with Gasteiger partial charge in [0.05, 0.1) is 11.2 Å². The Labute approximate surface area is 46.3 Å². The van der Waals surface area contributed by atoms with Crippen LogP contribution in [0.4, 0.5) is 0 Å². The molecule has 1 nitrogen and oxygen atoms in total. The predicted molar refractivity (Wildman–Crippen MR) is 32.2 cm³/mol. The van der Waals surface area contributed by atoms with Gasteiger partial charge in [0.1, 0.15) is 0 Å². The number of nitrogens with zero attached hydrogens (tertiary/aromatic N) is 1. The lowest BCUT2D eigenvalue weighted by molar-refractivity contribution is 1.39. The van der Waals surface area contributed by atoms with Crippen molar-refractivity contribution in [3.8, 4) is 0 Å². The van der Waals surface area contributed by atoms with Crippen LogP contribution in [0.1, 0.15) is 5.69 Å². The summed E-state index contributed by atoms with van der Waals surface area (Å²) in [4.78, 5) is 3.94. The fourth-order valence-corrected chi connectivity index (χ4v) is 0.863. The molecule has 0 fully saturated rings. The van der Waals surface area contributed by atoms with Crippen LogP contribution in [0.25, 0.3) is 6.08 Å². The largest absolute Gasteiger partial charge is 0.245 e. The van der Waals surface area contributed by atoms with E-state index in [1.807, 2.05) is 5.38 Å². The van der Waals surface area contributed by atoms with Crippen LogP contribution in [0, 0.1) is 0 Å². The molecule has 0 bridgehead atoms. The van der Waals surface area contributed by atoms with E-state index in [0.717, 1.165) is 5.69 Å². The number of hydrogen-bond acceptors (Lipinski definition) is 2. The highest BCUT2D eigenvalue weighted by molar-refractivity contribution is 7.07. The summed E-state index contributed by atoms with van der Waals surface area (Å²) >= 11 is 1.58. The van der Waals surface area contributed by atoms with Crippen molar-refractivity contribution >= 4 is 17.4 Å². The van der Waals surface area contributed by atoms with Gasteiger partial charge in [0.15, 0.2) is 0 Å². The lowest BCUT2D eigenvalue weighted by Gasteiger charge is -1.70. The molecular formula is C5H5NS. The van der Waals surface area contributed by atoms with Gasteiger partial charge in [-0.15, -0.1) is 11.3 Å². The second kappa shape index (κ2) is 1.89. The van der Waals surface area contributed by atoms with Crippen molar-refractivity contribution in [1.29, 1.82) is 0 Å². The molecular weight excluding hydrogens is 106 g/mol. The minimum Gasteiger partial charge on any atom is -0.245 e. The third kappa shape index (κ3) is 0.871. The van der Waals surface area contributed by atoms with Crippen molar-refractivity contribution in [2.24, 2.45) is 0 Å². The zero-order valence-electron chi connectivity index (χ0n) is 3.79. The summed E-state index contributed by atoms with van der Waals surface area (Å²) in [6, 6.07) is 0. The van der Waals surface area contributed by atoms with Gasteiger partial charge < -0.3 is 0 Å². The Morgan fingerprint density at radius 3 is 3.00 bits per heavy atom. The van der Waals surface area contributed by atoms with E-state index in [4.69, 9.17) is 0 Å². The molecule has 0 radical (unpaired) electrons. The molecule has 1 aromatic heterocycles. The van der Waals surface area contributed by atoms with Crippen molar-refractivity contribution in [3.05, 3.63) is 23.2 Å². The third-order valence-corrected chi connectivity index (χ3v) is 1.27. The summed E-state index contributed by atoms with van der Waals surface area (Å²) in [6.45, 7) is 3.55. The average molecular weight is 111 g/mol. The first-order valence-corrected chi connectivity index (χ1v) is 2.88. The Hall–Kier alpha value is -0.630. The fourth-order valence-electron chi connectivity index (χ4n) is 0.323. The Balaban J connectivity index is 2.96. The van der Waals surface area contributed by atoms with Crippen LogP contribution in [0.5, 0.6) is 0 Å². The first-order chi connectivity index (χ1) is 3.43. The molecule has 2 heteroatoms. The lowest BCUT2D eigenvalue weighted by Crippen LogP contribution is -1.61. The van der Waals surface area contributed by atoms with Gasteiger partial charge in [-0.3, -0.25) is 0 Å². The van der Waals surface area contributed by atoms with Gasteiger partial charge in [0.2, 0.25) is 0 Å². The van der Waals surface area contributed by atoms with Crippen molar-refractivity contribution < 1.29 is 0 Å². The van der Waals surface area contributed by atoms with Crippen molar-refractivity contribution in [1.82, 2.24) is 4.98 Å². The van der Waals surface area contributed by atoms with E-state index in [0.29, 0.717) is 0 Å². The van der Waals surface area contributed by atoms with Crippen LogP contribution in [0.2, 0.25) is 0 Å². The molecule has 1 aromatic rings. The summed E-state index contributed by atoms with van der Waals surface area (Å²) in [5.74, 6) is 0.